The topological polar surface area (TPSA) is 40.5 Å². The zero-order valence-electron chi connectivity index (χ0n) is 20.1. The molecule has 2 N–H and O–H groups in total. The largest absolute Gasteiger partial charge is 0.417 e. The molecule has 0 aliphatic heterocycles. The molecule has 3 rings (SSSR count). The number of aliphatic hydroxyl groups is 2. The van der Waals surface area contributed by atoms with Crippen LogP contribution in [0.5, 0.6) is 0 Å². The molecule has 0 aromatic heterocycles. The average molecular weight is 455 g/mol. The van der Waals surface area contributed by atoms with Crippen LogP contribution in [0.2, 0.25) is 0 Å². The van der Waals surface area contributed by atoms with Crippen molar-refractivity contribution in [2.24, 2.45) is 29.1 Å². The molecule has 1 saturated carbocycles. The molecule has 7 atom stereocenters. The Bertz CT molecular complexity index is 748. The monoisotopic (exact) mass is 454 g/mol. The van der Waals surface area contributed by atoms with Crippen LogP contribution in [0.25, 0.3) is 0 Å². The lowest BCUT2D eigenvalue weighted by molar-refractivity contribution is -0.187. The van der Waals surface area contributed by atoms with Gasteiger partial charge < -0.3 is 10.2 Å². The molecule has 32 heavy (non-hydrogen) atoms. The van der Waals surface area contributed by atoms with Crippen LogP contribution in [-0.2, 0) is 0 Å². The number of alkyl halides is 3. The Hall–Kier alpha value is -1.07. The maximum Gasteiger partial charge on any atom is 0.417 e. The first kappa shape index (κ1) is 25.6. The van der Waals surface area contributed by atoms with E-state index in [4.69, 9.17) is 0 Å². The Kier molecular flexibility index (Phi) is 7.71. The fraction of sp³-hybridized carbons (Fsp3) is 0.778. The van der Waals surface area contributed by atoms with Gasteiger partial charge in [0.1, 0.15) is 0 Å². The van der Waals surface area contributed by atoms with E-state index in [-0.39, 0.29) is 11.3 Å². The summed E-state index contributed by atoms with van der Waals surface area (Å²) in [5.74, 6) is 1.59. The van der Waals surface area contributed by atoms with Crippen molar-refractivity contribution in [1.29, 1.82) is 0 Å². The van der Waals surface area contributed by atoms with Gasteiger partial charge in [0, 0.05) is 0 Å². The zero-order chi connectivity index (χ0) is 23.7. The standard InChI is InChI=1S/C27H41F3O2/c1-5-6-7-23-22(12-11-21-17-25(3,32)14-15-26(21,23)4)20-10-9-19(16-20)18(2)8-13-24(31)27(28,29)30/h8-9,11,13,18,20,22-24,31-32H,5-7,10,12,14-17H2,1-4H3/b13-8+/t18-,20-,22+,23+,24?,25+,26+/m1/s1. The molecule has 1 fully saturated rings. The van der Waals surface area contributed by atoms with E-state index in [2.05, 4.69) is 26.0 Å². The van der Waals surface area contributed by atoms with E-state index in [1.165, 1.54) is 36.5 Å². The first-order valence-electron chi connectivity index (χ1n) is 12.4. The Morgan fingerprint density at radius 1 is 1.16 bits per heavy atom. The molecule has 3 aliphatic carbocycles. The van der Waals surface area contributed by atoms with Crippen LogP contribution in [-0.4, -0.2) is 28.1 Å². The van der Waals surface area contributed by atoms with E-state index in [1.807, 2.05) is 13.8 Å². The summed E-state index contributed by atoms with van der Waals surface area (Å²) in [7, 11) is 0. The molecule has 0 radical (unpaired) electrons. The van der Waals surface area contributed by atoms with Crippen LogP contribution in [0.1, 0.15) is 85.5 Å². The van der Waals surface area contributed by atoms with Gasteiger partial charge in [0.25, 0.3) is 0 Å². The maximum absolute atomic E-state index is 12.6. The average Bonchev–Trinajstić information content (AvgIpc) is 3.19. The van der Waals surface area contributed by atoms with Crippen molar-refractivity contribution in [2.45, 2.75) is 103 Å². The van der Waals surface area contributed by atoms with Crippen molar-refractivity contribution in [2.75, 3.05) is 0 Å². The number of allylic oxidation sites excluding steroid dienone is 4. The molecule has 5 heteroatoms. The predicted octanol–water partition coefficient (Wildman–Crippen LogP) is 7.13. The lowest BCUT2D eigenvalue weighted by atomic mass is 9.52. The second-order valence-electron chi connectivity index (χ2n) is 11.1. The number of halogens is 3. The number of hydrogen-bond donors (Lipinski definition) is 2. The van der Waals surface area contributed by atoms with Crippen LogP contribution in [0.15, 0.2) is 35.5 Å². The summed E-state index contributed by atoms with van der Waals surface area (Å²) in [5, 5.41) is 19.9. The third-order valence-corrected chi connectivity index (χ3v) is 8.62. The van der Waals surface area contributed by atoms with Crippen LogP contribution in [0.4, 0.5) is 13.2 Å². The molecular formula is C27H41F3O2. The molecule has 0 spiro atoms. The van der Waals surface area contributed by atoms with Gasteiger partial charge in [-0.3, -0.25) is 0 Å². The molecule has 0 amide bonds. The van der Waals surface area contributed by atoms with Crippen LogP contribution >= 0.6 is 0 Å². The van der Waals surface area contributed by atoms with Gasteiger partial charge in [-0.15, -0.1) is 0 Å². The summed E-state index contributed by atoms with van der Waals surface area (Å²) in [4.78, 5) is 0. The van der Waals surface area contributed by atoms with Gasteiger partial charge in [0.05, 0.1) is 5.60 Å². The van der Waals surface area contributed by atoms with Crippen LogP contribution < -0.4 is 0 Å². The Morgan fingerprint density at radius 3 is 2.53 bits per heavy atom. The second-order valence-corrected chi connectivity index (χ2v) is 11.1. The van der Waals surface area contributed by atoms with Crippen molar-refractivity contribution in [3.05, 3.63) is 35.5 Å². The highest BCUT2D eigenvalue weighted by Crippen LogP contribution is 2.58. The zero-order valence-corrected chi connectivity index (χ0v) is 20.1. The Morgan fingerprint density at radius 2 is 1.88 bits per heavy atom. The first-order chi connectivity index (χ1) is 14.9. The minimum absolute atomic E-state index is 0.0962. The van der Waals surface area contributed by atoms with Gasteiger partial charge in [-0.1, -0.05) is 69.1 Å². The van der Waals surface area contributed by atoms with Gasteiger partial charge >= 0.3 is 6.18 Å². The molecule has 2 nitrogen and oxygen atoms in total. The van der Waals surface area contributed by atoms with E-state index < -0.39 is 17.9 Å². The van der Waals surface area contributed by atoms with E-state index in [9.17, 15) is 23.4 Å². The smallest absolute Gasteiger partial charge is 0.390 e. The highest BCUT2D eigenvalue weighted by molar-refractivity contribution is 5.27. The van der Waals surface area contributed by atoms with Gasteiger partial charge in [0.15, 0.2) is 6.10 Å². The number of hydrogen-bond acceptors (Lipinski definition) is 2. The highest BCUT2D eigenvalue weighted by atomic mass is 19.4. The number of unbranched alkanes of at least 4 members (excludes halogenated alkanes) is 1. The molecule has 0 heterocycles. The molecular weight excluding hydrogens is 413 g/mol. The Balaban J connectivity index is 1.72. The van der Waals surface area contributed by atoms with E-state index in [0.29, 0.717) is 17.8 Å². The first-order valence-corrected chi connectivity index (χ1v) is 12.4. The van der Waals surface area contributed by atoms with E-state index in [1.54, 1.807) is 0 Å². The number of rotatable bonds is 7. The van der Waals surface area contributed by atoms with Gasteiger partial charge in [0.2, 0.25) is 0 Å². The summed E-state index contributed by atoms with van der Waals surface area (Å²) in [5.41, 5.74) is 2.18. The number of aliphatic hydroxyl groups excluding tert-OH is 1. The summed E-state index contributed by atoms with van der Waals surface area (Å²) < 4.78 is 37.8. The summed E-state index contributed by atoms with van der Waals surface area (Å²) >= 11 is 0. The number of fused-ring (bicyclic) bond motifs is 1. The Labute approximate surface area is 191 Å². The van der Waals surface area contributed by atoms with Crippen molar-refractivity contribution in [3.8, 4) is 0 Å². The van der Waals surface area contributed by atoms with Crippen LogP contribution in [0, 0.1) is 29.1 Å². The summed E-state index contributed by atoms with van der Waals surface area (Å²) in [6.45, 7) is 8.53. The molecule has 0 saturated heterocycles. The normalized spacial score (nSPS) is 37.7. The SMILES string of the molecule is CCCC[C@H]1[C@H]([C@@H]2CC=C([C@H](C)/C=C/C(O)C(F)(F)F)C2)CC=C2C[C@@](C)(O)CC[C@@]21C. The van der Waals surface area contributed by atoms with E-state index in [0.717, 1.165) is 44.6 Å². The van der Waals surface area contributed by atoms with Crippen molar-refractivity contribution >= 4 is 0 Å². The van der Waals surface area contributed by atoms with Crippen molar-refractivity contribution in [3.63, 3.8) is 0 Å². The third kappa shape index (κ3) is 5.52. The van der Waals surface area contributed by atoms with Crippen molar-refractivity contribution < 1.29 is 23.4 Å². The fourth-order valence-corrected chi connectivity index (χ4v) is 6.49. The molecule has 0 aromatic carbocycles. The molecule has 182 valence electrons. The second kappa shape index (κ2) is 9.66. The minimum Gasteiger partial charge on any atom is -0.390 e. The van der Waals surface area contributed by atoms with Crippen molar-refractivity contribution in [1.82, 2.24) is 0 Å². The minimum atomic E-state index is -4.61. The third-order valence-electron chi connectivity index (χ3n) is 8.62. The van der Waals surface area contributed by atoms with Crippen LogP contribution in [0.3, 0.4) is 0 Å². The van der Waals surface area contributed by atoms with Gasteiger partial charge in [-0.05, 0) is 81.0 Å². The highest BCUT2D eigenvalue weighted by Gasteiger charge is 2.50. The summed E-state index contributed by atoms with van der Waals surface area (Å²) in [6, 6.07) is 0. The fourth-order valence-electron chi connectivity index (χ4n) is 6.49. The lowest BCUT2D eigenvalue weighted by Gasteiger charge is -2.53. The molecule has 1 unspecified atom stereocenters. The van der Waals surface area contributed by atoms with Gasteiger partial charge in [-0.2, -0.15) is 13.2 Å². The predicted molar refractivity (Wildman–Crippen MR) is 123 cm³/mol. The quantitative estimate of drug-likeness (QED) is 0.402. The molecule has 0 aromatic rings. The lowest BCUT2D eigenvalue weighted by Crippen LogP contribution is -2.46. The maximum atomic E-state index is 12.6. The van der Waals surface area contributed by atoms with Gasteiger partial charge in [-0.25, -0.2) is 0 Å². The summed E-state index contributed by atoms with van der Waals surface area (Å²) in [6.07, 6.45) is 9.20. The molecule has 3 aliphatic rings. The van der Waals surface area contributed by atoms with E-state index >= 15 is 0 Å². The molecule has 0 bridgehead atoms.